The SMILES string of the molecule is COc1cccc(OCc2ccccc2)c1C(=O)/C=C\c1ccccc1. The molecule has 3 nitrogen and oxygen atoms in total. The first kappa shape index (κ1) is 17.5. The van der Waals surface area contributed by atoms with Crippen LogP contribution in [-0.4, -0.2) is 12.9 Å². The van der Waals surface area contributed by atoms with Gasteiger partial charge in [0.15, 0.2) is 5.78 Å². The highest BCUT2D eigenvalue weighted by Gasteiger charge is 2.16. The van der Waals surface area contributed by atoms with Gasteiger partial charge >= 0.3 is 0 Å². The summed E-state index contributed by atoms with van der Waals surface area (Å²) >= 11 is 0. The first-order valence-electron chi connectivity index (χ1n) is 8.39. The zero-order valence-electron chi connectivity index (χ0n) is 14.6. The van der Waals surface area contributed by atoms with Crippen LogP contribution in [0.1, 0.15) is 21.5 Å². The number of benzene rings is 3. The molecular weight excluding hydrogens is 324 g/mol. The molecule has 0 fully saturated rings. The van der Waals surface area contributed by atoms with Gasteiger partial charge in [-0.2, -0.15) is 0 Å². The molecule has 0 saturated heterocycles. The second-order valence-corrected chi connectivity index (χ2v) is 5.72. The molecule has 0 radical (unpaired) electrons. The van der Waals surface area contributed by atoms with Crippen LogP contribution >= 0.6 is 0 Å². The van der Waals surface area contributed by atoms with E-state index in [1.807, 2.05) is 66.7 Å². The van der Waals surface area contributed by atoms with Gasteiger partial charge in [0.1, 0.15) is 23.7 Å². The summed E-state index contributed by atoms with van der Waals surface area (Å²) in [6.07, 6.45) is 3.33. The van der Waals surface area contributed by atoms with Crippen molar-refractivity contribution in [3.05, 3.63) is 102 Å². The lowest BCUT2D eigenvalue weighted by atomic mass is 10.1. The summed E-state index contributed by atoms with van der Waals surface area (Å²) in [5.74, 6) is 0.851. The Hall–Kier alpha value is -3.33. The van der Waals surface area contributed by atoms with Gasteiger partial charge in [-0.05, 0) is 29.3 Å². The third-order valence-electron chi connectivity index (χ3n) is 3.92. The van der Waals surface area contributed by atoms with E-state index in [2.05, 4.69) is 0 Å². The molecule has 0 aliphatic carbocycles. The van der Waals surface area contributed by atoms with E-state index in [4.69, 9.17) is 9.47 Å². The maximum Gasteiger partial charge on any atom is 0.193 e. The molecule has 0 amide bonds. The number of hydrogen-bond donors (Lipinski definition) is 0. The minimum atomic E-state index is -0.158. The molecule has 0 atom stereocenters. The molecule has 3 aromatic rings. The number of allylic oxidation sites excluding steroid dienone is 1. The quantitative estimate of drug-likeness (QED) is 0.438. The standard InChI is InChI=1S/C23H20O3/c1-25-21-13-8-14-22(26-17-19-11-6-3-7-12-19)23(21)20(24)16-15-18-9-4-2-5-10-18/h2-16H,17H2,1H3/b16-15-. The Labute approximate surface area is 153 Å². The van der Waals surface area contributed by atoms with Gasteiger partial charge in [0.2, 0.25) is 0 Å². The van der Waals surface area contributed by atoms with Crippen LogP contribution in [-0.2, 0) is 6.61 Å². The number of carbonyl (C=O) groups is 1. The van der Waals surface area contributed by atoms with E-state index < -0.39 is 0 Å². The molecule has 26 heavy (non-hydrogen) atoms. The fourth-order valence-corrected chi connectivity index (χ4v) is 2.60. The molecule has 130 valence electrons. The molecule has 0 bridgehead atoms. The van der Waals surface area contributed by atoms with Crippen molar-refractivity contribution >= 4 is 11.9 Å². The van der Waals surface area contributed by atoms with Gasteiger partial charge in [0.25, 0.3) is 0 Å². The van der Waals surface area contributed by atoms with Gasteiger partial charge in [-0.15, -0.1) is 0 Å². The number of carbonyl (C=O) groups excluding carboxylic acids is 1. The fourth-order valence-electron chi connectivity index (χ4n) is 2.60. The van der Waals surface area contributed by atoms with Gasteiger partial charge < -0.3 is 9.47 Å². The minimum Gasteiger partial charge on any atom is -0.496 e. The number of ether oxygens (including phenoxy) is 2. The normalized spacial score (nSPS) is 10.7. The van der Waals surface area contributed by atoms with E-state index in [9.17, 15) is 4.79 Å². The Morgan fingerprint density at radius 3 is 2.19 bits per heavy atom. The van der Waals surface area contributed by atoms with Crippen molar-refractivity contribution in [2.75, 3.05) is 7.11 Å². The van der Waals surface area contributed by atoms with Crippen molar-refractivity contribution in [2.45, 2.75) is 6.61 Å². The molecule has 0 saturated carbocycles. The third-order valence-corrected chi connectivity index (χ3v) is 3.92. The molecule has 0 spiro atoms. The topological polar surface area (TPSA) is 35.5 Å². The zero-order valence-corrected chi connectivity index (χ0v) is 14.6. The van der Waals surface area contributed by atoms with Crippen LogP contribution < -0.4 is 9.47 Å². The predicted octanol–water partition coefficient (Wildman–Crippen LogP) is 5.17. The van der Waals surface area contributed by atoms with Crippen LogP contribution in [0.3, 0.4) is 0 Å². The van der Waals surface area contributed by atoms with E-state index in [1.54, 1.807) is 31.4 Å². The molecule has 3 aromatic carbocycles. The maximum atomic E-state index is 12.8. The van der Waals surface area contributed by atoms with E-state index in [-0.39, 0.29) is 5.78 Å². The molecule has 0 aliphatic heterocycles. The Balaban J connectivity index is 1.84. The summed E-state index contributed by atoms with van der Waals surface area (Å²) in [6.45, 7) is 0.386. The Morgan fingerprint density at radius 1 is 0.846 bits per heavy atom. The highest BCUT2D eigenvalue weighted by molar-refractivity contribution is 6.10. The van der Waals surface area contributed by atoms with E-state index in [0.717, 1.165) is 11.1 Å². The minimum absolute atomic E-state index is 0.158. The van der Waals surface area contributed by atoms with Crippen LogP contribution in [0, 0.1) is 0 Å². The monoisotopic (exact) mass is 344 g/mol. The van der Waals surface area contributed by atoms with E-state index in [0.29, 0.717) is 23.7 Å². The van der Waals surface area contributed by atoms with Gasteiger partial charge in [-0.3, -0.25) is 4.79 Å². The molecule has 0 N–H and O–H groups in total. The molecule has 0 aromatic heterocycles. The molecule has 3 rings (SSSR count). The van der Waals surface area contributed by atoms with Gasteiger partial charge in [0, 0.05) is 0 Å². The van der Waals surface area contributed by atoms with Crippen LogP contribution in [0.15, 0.2) is 84.9 Å². The summed E-state index contributed by atoms with van der Waals surface area (Å²) in [5.41, 5.74) is 2.43. The van der Waals surface area contributed by atoms with E-state index in [1.165, 1.54) is 0 Å². The molecular formula is C23H20O3. The first-order valence-corrected chi connectivity index (χ1v) is 8.39. The Morgan fingerprint density at radius 2 is 1.50 bits per heavy atom. The predicted molar refractivity (Wildman–Crippen MR) is 104 cm³/mol. The average Bonchev–Trinajstić information content (AvgIpc) is 2.71. The largest absolute Gasteiger partial charge is 0.496 e. The van der Waals surface area contributed by atoms with E-state index >= 15 is 0 Å². The van der Waals surface area contributed by atoms with Gasteiger partial charge in [0.05, 0.1) is 7.11 Å². The second-order valence-electron chi connectivity index (χ2n) is 5.72. The maximum absolute atomic E-state index is 12.8. The fraction of sp³-hybridized carbons (Fsp3) is 0.0870. The van der Waals surface area contributed by atoms with Crippen molar-refractivity contribution in [2.24, 2.45) is 0 Å². The van der Waals surface area contributed by atoms with Crippen LogP contribution in [0.2, 0.25) is 0 Å². The molecule has 0 heterocycles. The van der Waals surface area contributed by atoms with Gasteiger partial charge in [-0.25, -0.2) is 0 Å². The third kappa shape index (κ3) is 4.39. The zero-order chi connectivity index (χ0) is 18.2. The van der Waals surface area contributed by atoms with Crippen LogP contribution in [0.25, 0.3) is 6.08 Å². The molecule has 3 heteroatoms. The lowest BCUT2D eigenvalue weighted by Crippen LogP contribution is -2.05. The number of rotatable bonds is 7. The summed E-state index contributed by atoms with van der Waals surface area (Å²) in [6, 6.07) is 24.9. The first-order chi connectivity index (χ1) is 12.8. The average molecular weight is 344 g/mol. The van der Waals surface area contributed by atoms with Crippen molar-refractivity contribution in [3.63, 3.8) is 0 Å². The van der Waals surface area contributed by atoms with Crippen LogP contribution in [0.5, 0.6) is 11.5 Å². The summed E-state index contributed by atoms with van der Waals surface area (Å²) in [7, 11) is 1.55. The molecule has 0 aliphatic rings. The molecule has 0 unspecified atom stereocenters. The number of methoxy groups -OCH3 is 1. The van der Waals surface area contributed by atoms with Crippen molar-refractivity contribution < 1.29 is 14.3 Å². The highest BCUT2D eigenvalue weighted by atomic mass is 16.5. The van der Waals surface area contributed by atoms with Crippen molar-refractivity contribution in [3.8, 4) is 11.5 Å². The summed E-state index contributed by atoms with van der Waals surface area (Å²) in [5, 5.41) is 0. The van der Waals surface area contributed by atoms with Gasteiger partial charge in [-0.1, -0.05) is 72.8 Å². The smallest absolute Gasteiger partial charge is 0.193 e. The summed E-state index contributed by atoms with van der Waals surface area (Å²) in [4.78, 5) is 12.8. The lowest BCUT2D eigenvalue weighted by Gasteiger charge is -2.13. The second kappa shape index (κ2) is 8.67. The highest BCUT2D eigenvalue weighted by Crippen LogP contribution is 2.30. The lowest BCUT2D eigenvalue weighted by molar-refractivity contribution is 0.104. The number of ketones is 1. The van der Waals surface area contributed by atoms with Crippen molar-refractivity contribution in [1.29, 1.82) is 0 Å². The summed E-state index contributed by atoms with van der Waals surface area (Å²) < 4.78 is 11.3. The van der Waals surface area contributed by atoms with Crippen molar-refractivity contribution in [1.82, 2.24) is 0 Å². The Bertz CT molecular complexity index is 884. The Kier molecular flexibility index (Phi) is 5.84. The van der Waals surface area contributed by atoms with Crippen LogP contribution in [0.4, 0.5) is 0 Å². The number of hydrogen-bond acceptors (Lipinski definition) is 3.